The molecule has 3 rings (SSSR count). The van der Waals surface area contributed by atoms with Crippen LogP contribution in [0.4, 0.5) is 0 Å². The highest BCUT2D eigenvalue weighted by molar-refractivity contribution is 5.79. The number of nitrogens with zero attached hydrogens (tertiary/aromatic N) is 2. The standard InChI is InChI=1S/C22H36N4O2/c1-17(2)27-15-13-26-11-7-20(8-12-26)25-22(23-3)24-10-6-18-4-5-21-19(16-18)9-14-28-21/h4-5,16-17,20H,6-15H2,1-3H3,(H2,23,24,25). The average molecular weight is 389 g/mol. The van der Waals surface area contributed by atoms with E-state index in [4.69, 9.17) is 9.47 Å². The molecule has 1 fully saturated rings. The molecule has 0 bridgehead atoms. The molecule has 0 radical (unpaired) electrons. The molecule has 6 heteroatoms. The summed E-state index contributed by atoms with van der Waals surface area (Å²) in [7, 11) is 1.85. The fraction of sp³-hybridized carbons (Fsp3) is 0.682. The van der Waals surface area contributed by atoms with Gasteiger partial charge < -0.3 is 25.0 Å². The van der Waals surface area contributed by atoms with E-state index in [-0.39, 0.29) is 0 Å². The second-order valence-electron chi connectivity index (χ2n) is 7.97. The SMILES string of the molecule is CN=C(NCCc1ccc2c(c1)CCO2)NC1CCN(CCOC(C)C)CC1. The molecule has 156 valence electrons. The van der Waals surface area contributed by atoms with Crippen molar-refractivity contribution in [3.63, 3.8) is 0 Å². The summed E-state index contributed by atoms with van der Waals surface area (Å²) in [5.41, 5.74) is 2.69. The molecule has 0 aliphatic carbocycles. The maximum Gasteiger partial charge on any atom is 0.191 e. The minimum absolute atomic E-state index is 0.318. The molecule has 1 saturated heterocycles. The molecular formula is C22H36N4O2. The number of nitrogens with one attached hydrogen (secondary N) is 2. The molecule has 1 aromatic rings. The number of aliphatic imine (C=N–C) groups is 1. The summed E-state index contributed by atoms with van der Waals surface area (Å²) in [6, 6.07) is 7.04. The third-order valence-electron chi connectivity index (χ3n) is 5.47. The van der Waals surface area contributed by atoms with Crippen molar-refractivity contribution in [2.24, 2.45) is 4.99 Å². The van der Waals surface area contributed by atoms with Crippen molar-refractivity contribution < 1.29 is 9.47 Å². The molecule has 2 aliphatic heterocycles. The first-order chi connectivity index (χ1) is 13.6. The number of benzene rings is 1. The molecule has 28 heavy (non-hydrogen) atoms. The number of ether oxygens (including phenoxy) is 2. The van der Waals surface area contributed by atoms with Crippen LogP contribution in [0.2, 0.25) is 0 Å². The van der Waals surface area contributed by atoms with E-state index < -0.39 is 0 Å². The van der Waals surface area contributed by atoms with Gasteiger partial charge in [-0.2, -0.15) is 0 Å². The lowest BCUT2D eigenvalue weighted by Crippen LogP contribution is -2.49. The Hall–Kier alpha value is -1.79. The lowest BCUT2D eigenvalue weighted by molar-refractivity contribution is 0.0532. The van der Waals surface area contributed by atoms with E-state index in [9.17, 15) is 0 Å². The number of hydrogen-bond acceptors (Lipinski definition) is 4. The number of likely N-dealkylation sites (tertiary alicyclic amines) is 1. The van der Waals surface area contributed by atoms with Gasteiger partial charge in [-0.25, -0.2) is 0 Å². The van der Waals surface area contributed by atoms with Gasteiger partial charge in [0.25, 0.3) is 0 Å². The van der Waals surface area contributed by atoms with E-state index >= 15 is 0 Å². The van der Waals surface area contributed by atoms with E-state index in [2.05, 4.69) is 52.6 Å². The van der Waals surface area contributed by atoms with Crippen LogP contribution in [-0.4, -0.2) is 69.4 Å². The zero-order chi connectivity index (χ0) is 19.8. The minimum atomic E-state index is 0.318. The predicted molar refractivity (Wildman–Crippen MR) is 114 cm³/mol. The average Bonchev–Trinajstić information content (AvgIpc) is 3.16. The van der Waals surface area contributed by atoms with Crippen LogP contribution in [0.5, 0.6) is 5.75 Å². The molecule has 0 atom stereocenters. The molecule has 6 nitrogen and oxygen atoms in total. The van der Waals surface area contributed by atoms with E-state index in [1.54, 1.807) is 0 Å². The minimum Gasteiger partial charge on any atom is -0.493 e. The molecule has 2 heterocycles. The van der Waals surface area contributed by atoms with Gasteiger partial charge in [0.05, 0.1) is 19.3 Å². The van der Waals surface area contributed by atoms with Crippen LogP contribution in [0.3, 0.4) is 0 Å². The first-order valence-electron chi connectivity index (χ1n) is 10.7. The fourth-order valence-corrected chi connectivity index (χ4v) is 3.83. The summed E-state index contributed by atoms with van der Waals surface area (Å²) in [5.74, 6) is 1.96. The Morgan fingerprint density at radius 1 is 1.32 bits per heavy atom. The Bertz CT molecular complexity index is 639. The summed E-state index contributed by atoms with van der Waals surface area (Å²) in [4.78, 5) is 6.89. The zero-order valence-electron chi connectivity index (χ0n) is 17.7. The van der Waals surface area contributed by atoms with Gasteiger partial charge in [-0.3, -0.25) is 4.99 Å². The summed E-state index contributed by atoms with van der Waals surface area (Å²) in [6.07, 6.45) is 4.63. The van der Waals surface area contributed by atoms with Gasteiger partial charge in [-0.1, -0.05) is 12.1 Å². The molecule has 0 saturated carbocycles. The van der Waals surface area contributed by atoms with Crippen LogP contribution < -0.4 is 15.4 Å². The number of hydrogen-bond donors (Lipinski definition) is 2. The highest BCUT2D eigenvalue weighted by atomic mass is 16.5. The summed E-state index contributed by atoms with van der Waals surface area (Å²) in [5, 5.41) is 7.05. The van der Waals surface area contributed by atoms with E-state index in [0.717, 1.165) is 76.8 Å². The van der Waals surface area contributed by atoms with Gasteiger partial charge in [0.1, 0.15) is 5.75 Å². The highest BCUT2D eigenvalue weighted by Crippen LogP contribution is 2.25. The van der Waals surface area contributed by atoms with Crippen LogP contribution in [-0.2, 0) is 17.6 Å². The third kappa shape index (κ3) is 6.38. The van der Waals surface area contributed by atoms with Crippen molar-refractivity contribution in [2.45, 2.75) is 51.7 Å². The highest BCUT2D eigenvalue weighted by Gasteiger charge is 2.19. The maximum atomic E-state index is 5.67. The topological polar surface area (TPSA) is 58.1 Å². The third-order valence-corrected chi connectivity index (χ3v) is 5.47. The predicted octanol–water partition coefficient (Wildman–Crippen LogP) is 2.22. The molecule has 0 amide bonds. The van der Waals surface area contributed by atoms with Gasteiger partial charge in [0, 0.05) is 45.7 Å². The van der Waals surface area contributed by atoms with Crippen molar-refractivity contribution >= 4 is 5.96 Å². The van der Waals surface area contributed by atoms with E-state index in [1.807, 2.05) is 7.05 Å². The Kier molecular flexibility index (Phi) is 7.98. The maximum absolute atomic E-state index is 5.67. The van der Waals surface area contributed by atoms with Gasteiger partial charge in [-0.15, -0.1) is 0 Å². The number of rotatable bonds is 8. The Labute approximate surface area is 169 Å². The van der Waals surface area contributed by atoms with Gasteiger partial charge in [-0.05, 0) is 50.3 Å². The molecule has 0 aromatic heterocycles. The molecular weight excluding hydrogens is 352 g/mol. The van der Waals surface area contributed by atoms with Crippen LogP contribution in [0, 0.1) is 0 Å². The van der Waals surface area contributed by atoms with Crippen molar-refractivity contribution in [3.05, 3.63) is 29.3 Å². The Morgan fingerprint density at radius 2 is 2.14 bits per heavy atom. The summed E-state index contributed by atoms with van der Waals surface area (Å²) >= 11 is 0. The van der Waals surface area contributed by atoms with Crippen LogP contribution in [0.1, 0.15) is 37.8 Å². The van der Waals surface area contributed by atoms with Crippen molar-refractivity contribution in [2.75, 3.05) is 46.4 Å². The normalized spacial score (nSPS) is 18.2. The number of fused-ring (bicyclic) bond motifs is 1. The zero-order valence-corrected chi connectivity index (χ0v) is 17.7. The first-order valence-corrected chi connectivity index (χ1v) is 10.7. The van der Waals surface area contributed by atoms with Crippen LogP contribution in [0.15, 0.2) is 23.2 Å². The Balaban J connectivity index is 1.34. The molecule has 2 aliphatic rings. The molecule has 0 spiro atoms. The molecule has 0 unspecified atom stereocenters. The van der Waals surface area contributed by atoms with Crippen molar-refractivity contribution in [1.29, 1.82) is 0 Å². The number of piperidine rings is 1. The largest absolute Gasteiger partial charge is 0.493 e. The first kappa shape index (κ1) is 20.9. The van der Waals surface area contributed by atoms with Gasteiger partial charge in [0.2, 0.25) is 0 Å². The van der Waals surface area contributed by atoms with Gasteiger partial charge >= 0.3 is 0 Å². The van der Waals surface area contributed by atoms with Crippen molar-refractivity contribution in [1.82, 2.24) is 15.5 Å². The summed E-state index contributed by atoms with van der Waals surface area (Å²) in [6.45, 7) is 9.97. The Morgan fingerprint density at radius 3 is 2.89 bits per heavy atom. The molecule has 1 aromatic carbocycles. The van der Waals surface area contributed by atoms with Crippen molar-refractivity contribution in [3.8, 4) is 5.75 Å². The number of guanidine groups is 1. The molecule has 2 N–H and O–H groups in total. The monoisotopic (exact) mass is 388 g/mol. The lowest BCUT2D eigenvalue weighted by atomic mass is 10.1. The van der Waals surface area contributed by atoms with Crippen LogP contribution >= 0.6 is 0 Å². The lowest BCUT2D eigenvalue weighted by Gasteiger charge is -2.33. The van der Waals surface area contributed by atoms with E-state index in [1.165, 1.54) is 11.1 Å². The van der Waals surface area contributed by atoms with Gasteiger partial charge in [0.15, 0.2) is 5.96 Å². The second kappa shape index (κ2) is 10.7. The van der Waals surface area contributed by atoms with Crippen LogP contribution in [0.25, 0.3) is 0 Å². The smallest absolute Gasteiger partial charge is 0.191 e. The summed E-state index contributed by atoms with van der Waals surface area (Å²) < 4.78 is 11.2. The van der Waals surface area contributed by atoms with E-state index in [0.29, 0.717) is 12.1 Å². The second-order valence-corrected chi connectivity index (χ2v) is 7.97. The fourth-order valence-electron chi connectivity index (χ4n) is 3.83. The quantitative estimate of drug-likeness (QED) is 0.528.